The van der Waals surface area contributed by atoms with Gasteiger partial charge in [-0.25, -0.2) is 12.8 Å². The third-order valence-corrected chi connectivity index (χ3v) is 4.90. The maximum absolute atomic E-state index is 12.9. The van der Waals surface area contributed by atoms with Gasteiger partial charge >= 0.3 is 0 Å². The molecule has 1 aromatic carbocycles. The molecule has 0 aromatic heterocycles. The smallest absolute Gasteiger partial charge is 0.295 e. The van der Waals surface area contributed by atoms with Gasteiger partial charge in [0.1, 0.15) is 11.5 Å². The summed E-state index contributed by atoms with van der Waals surface area (Å²) in [6.45, 7) is 0.325. The van der Waals surface area contributed by atoms with Gasteiger partial charge < -0.3 is 5.32 Å². The molecule has 0 spiro atoms. The molecule has 1 aliphatic heterocycles. The van der Waals surface area contributed by atoms with Crippen molar-refractivity contribution in [2.24, 2.45) is 5.92 Å². The van der Waals surface area contributed by atoms with Crippen LogP contribution in [0.2, 0.25) is 0 Å². The Kier molecular flexibility index (Phi) is 3.70. The second-order valence-corrected chi connectivity index (χ2v) is 6.80. The summed E-state index contributed by atoms with van der Waals surface area (Å²) in [5, 5.41) is 13.6. The number of nitrogens with zero attached hydrogens (tertiary/aromatic N) is 1. The van der Waals surface area contributed by atoms with E-state index in [0.717, 1.165) is 12.1 Å². The fourth-order valence-corrected chi connectivity index (χ4v) is 3.95. The second kappa shape index (κ2) is 5.12. The summed E-state index contributed by atoms with van der Waals surface area (Å²) in [6.07, 6.45) is 0.546. The van der Waals surface area contributed by atoms with E-state index in [4.69, 9.17) is 0 Å². The number of anilines is 1. The molecule has 0 aliphatic carbocycles. The van der Waals surface area contributed by atoms with E-state index in [0.29, 0.717) is 13.0 Å². The molecule has 0 bridgehead atoms. The largest absolute Gasteiger partial charge is 0.379 e. The quantitative estimate of drug-likeness (QED) is 0.671. The van der Waals surface area contributed by atoms with Gasteiger partial charge in [-0.2, -0.15) is 0 Å². The van der Waals surface area contributed by atoms with E-state index in [-0.39, 0.29) is 28.8 Å². The Labute approximate surface area is 109 Å². The Balaban J connectivity index is 2.06. The van der Waals surface area contributed by atoms with Crippen LogP contribution >= 0.6 is 0 Å². The average molecular weight is 288 g/mol. The van der Waals surface area contributed by atoms with Gasteiger partial charge in [-0.15, -0.1) is 0 Å². The van der Waals surface area contributed by atoms with Crippen molar-refractivity contribution >= 4 is 21.2 Å². The minimum atomic E-state index is -2.97. The predicted octanol–water partition coefficient (Wildman–Crippen LogP) is 1.58. The fraction of sp³-hybridized carbons (Fsp3) is 0.455. The van der Waals surface area contributed by atoms with E-state index >= 15 is 0 Å². The molecule has 0 radical (unpaired) electrons. The first-order chi connectivity index (χ1) is 8.87. The molecule has 0 amide bonds. The minimum absolute atomic E-state index is 0.0605. The van der Waals surface area contributed by atoms with E-state index < -0.39 is 20.6 Å². The van der Waals surface area contributed by atoms with Gasteiger partial charge in [0.05, 0.1) is 22.5 Å². The van der Waals surface area contributed by atoms with E-state index in [2.05, 4.69) is 5.32 Å². The Bertz CT molecular complexity index is 603. The Morgan fingerprint density at radius 1 is 1.47 bits per heavy atom. The lowest BCUT2D eigenvalue weighted by Gasteiger charge is -2.11. The highest BCUT2D eigenvalue weighted by Crippen LogP contribution is 2.26. The molecule has 0 saturated carbocycles. The first-order valence-electron chi connectivity index (χ1n) is 5.75. The predicted molar refractivity (Wildman–Crippen MR) is 68.3 cm³/mol. The van der Waals surface area contributed by atoms with Gasteiger partial charge in [0, 0.05) is 6.54 Å². The number of nitrogens with one attached hydrogen (secondary N) is 1. The lowest BCUT2D eigenvalue weighted by molar-refractivity contribution is -0.384. The normalized spacial score (nSPS) is 21.2. The number of hydrogen-bond donors (Lipinski definition) is 1. The summed E-state index contributed by atoms with van der Waals surface area (Å²) < 4.78 is 35.5. The first-order valence-corrected chi connectivity index (χ1v) is 7.58. The van der Waals surface area contributed by atoms with Crippen molar-refractivity contribution in [2.45, 2.75) is 6.42 Å². The van der Waals surface area contributed by atoms with Crippen LogP contribution in [0.1, 0.15) is 6.42 Å². The Morgan fingerprint density at radius 3 is 2.79 bits per heavy atom. The average Bonchev–Trinajstić information content (AvgIpc) is 2.67. The van der Waals surface area contributed by atoms with Crippen LogP contribution in [0.3, 0.4) is 0 Å². The number of halogens is 1. The van der Waals surface area contributed by atoms with Crippen LogP contribution in [0, 0.1) is 21.8 Å². The molecule has 1 saturated heterocycles. The highest BCUT2D eigenvalue weighted by Gasteiger charge is 2.28. The van der Waals surface area contributed by atoms with Crippen molar-refractivity contribution in [1.82, 2.24) is 0 Å². The van der Waals surface area contributed by atoms with Gasteiger partial charge in [0.2, 0.25) is 0 Å². The summed E-state index contributed by atoms with van der Waals surface area (Å²) in [5.74, 6) is -0.491. The standard InChI is InChI=1S/C11H13FN2O4S/c12-9-1-2-10(11(5-9)14(15)16)13-6-8-3-4-19(17,18)7-8/h1-2,5,8,13H,3-4,6-7H2/t8-/m0/s1. The number of hydrogen-bond acceptors (Lipinski definition) is 5. The maximum atomic E-state index is 12.9. The van der Waals surface area contributed by atoms with Crippen LogP contribution in [-0.2, 0) is 9.84 Å². The topological polar surface area (TPSA) is 89.3 Å². The van der Waals surface area contributed by atoms with E-state index in [1.165, 1.54) is 6.07 Å². The third kappa shape index (κ3) is 3.40. The summed E-state index contributed by atoms with van der Waals surface area (Å²) in [5.41, 5.74) is -0.142. The molecule has 1 heterocycles. The monoisotopic (exact) mass is 288 g/mol. The molecule has 104 valence electrons. The summed E-state index contributed by atoms with van der Waals surface area (Å²) in [7, 11) is -2.97. The number of nitro benzene ring substituents is 1. The van der Waals surface area contributed by atoms with Crippen molar-refractivity contribution in [1.29, 1.82) is 0 Å². The maximum Gasteiger partial charge on any atom is 0.295 e. The molecule has 6 nitrogen and oxygen atoms in total. The molecule has 0 unspecified atom stereocenters. The molecule has 8 heteroatoms. The fourth-order valence-electron chi connectivity index (χ4n) is 2.09. The van der Waals surface area contributed by atoms with Gasteiger partial charge in [-0.1, -0.05) is 0 Å². The molecular formula is C11H13FN2O4S. The second-order valence-electron chi connectivity index (χ2n) is 4.57. The third-order valence-electron chi connectivity index (χ3n) is 3.06. The van der Waals surface area contributed by atoms with Gasteiger partial charge in [0.15, 0.2) is 9.84 Å². The van der Waals surface area contributed by atoms with Crippen LogP contribution in [0.15, 0.2) is 18.2 Å². The minimum Gasteiger partial charge on any atom is -0.379 e. The highest BCUT2D eigenvalue weighted by atomic mass is 32.2. The molecule has 1 N–H and O–H groups in total. The number of sulfone groups is 1. The SMILES string of the molecule is O=[N+]([O-])c1cc(F)ccc1NC[C@@H]1CCS(=O)(=O)C1. The van der Waals surface area contributed by atoms with Gasteiger partial charge in [0.25, 0.3) is 5.69 Å². The molecule has 1 atom stereocenters. The number of rotatable bonds is 4. The first kappa shape index (κ1) is 13.7. The zero-order valence-corrected chi connectivity index (χ0v) is 10.8. The van der Waals surface area contributed by atoms with Crippen molar-refractivity contribution in [2.75, 3.05) is 23.4 Å². The van der Waals surface area contributed by atoms with Crippen LogP contribution in [0.5, 0.6) is 0 Å². The summed E-state index contributed by atoms with van der Waals surface area (Å²) in [6, 6.07) is 3.26. The van der Waals surface area contributed by atoms with Crippen LogP contribution in [0.25, 0.3) is 0 Å². The Morgan fingerprint density at radius 2 is 2.21 bits per heavy atom. The van der Waals surface area contributed by atoms with Crippen molar-refractivity contribution in [3.8, 4) is 0 Å². The van der Waals surface area contributed by atoms with Crippen LogP contribution < -0.4 is 5.32 Å². The zero-order chi connectivity index (χ0) is 14.0. The van der Waals surface area contributed by atoms with E-state index in [1.54, 1.807) is 0 Å². The van der Waals surface area contributed by atoms with Crippen molar-refractivity contribution < 1.29 is 17.7 Å². The Hall–Kier alpha value is -1.70. The number of benzene rings is 1. The highest BCUT2D eigenvalue weighted by molar-refractivity contribution is 7.91. The molecule has 1 aromatic rings. The van der Waals surface area contributed by atoms with Gasteiger partial charge in [-0.05, 0) is 24.5 Å². The lowest BCUT2D eigenvalue weighted by atomic mass is 10.1. The van der Waals surface area contributed by atoms with Crippen molar-refractivity contribution in [3.05, 3.63) is 34.1 Å². The summed E-state index contributed by atoms with van der Waals surface area (Å²) >= 11 is 0. The zero-order valence-electron chi connectivity index (χ0n) is 10.0. The van der Waals surface area contributed by atoms with E-state index in [9.17, 15) is 22.9 Å². The summed E-state index contributed by atoms with van der Waals surface area (Å²) in [4.78, 5) is 10.1. The lowest BCUT2D eigenvalue weighted by Crippen LogP contribution is -2.16. The molecule has 19 heavy (non-hydrogen) atoms. The van der Waals surface area contributed by atoms with E-state index in [1.807, 2.05) is 0 Å². The van der Waals surface area contributed by atoms with Gasteiger partial charge in [-0.3, -0.25) is 10.1 Å². The van der Waals surface area contributed by atoms with Crippen LogP contribution in [0.4, 0.5) is 15.8 Å². The molecule has 2 rings (SSSR count). The number of nitro groups is 1. The van der Waals surface area contributed by atoms with Crippen LogP contribution in [-0.4, -0.2) is 31.4 Å². The molecule has 1 aliphatic rings. The molecule has 1 fully saturated rings. The molecular weight excluding hydrogens is 275 g/mol. The van der Waals surface area contributed by atoms with Crippen molar-refractivity contribution in [3.63, 3.8) is 0 Å².